The Labute approximate surface area is 105 Å². The highest BCUT2D eigenvalue weighted by molar-refractivity contribution is 7.71. The average Bonchev–Trinajstić information content (AvgIpc) is 2.64. The summed E-state index contributed by atoms with van der Waals surface area (Å²) in [7, 11) is 0. The van der Waals surface area contributed by atoms with Crippen LogP contribution < -0.4 is 0 Å². The summed E-state index contributed by atoms with van der Waals surface area (Å²) in [6.45, 7) is 6.05. The van der Waals surface area contributed by atoms with Gasteiger partial charge in [-0.25, -0.2) is 4.39 Å². The van der Waals surface area contributed by atoms with Crippen molar-refractivity contribution in [1.82, 2.24) is 9.55 Å². The Kier molecular flexibility index (Phi) is 3.15. The number of halogens is 1. The molecule has 2 nitrogen and oxygen atoms in total. The zero-order chi connectivity index (χ0) is 12.6. The lowest BCUT2D eigenvalue weighted by molar-refractivity contribution is 0.612. The van der Waals surface area contributed by atoms with Crippen LogP contribution in [0.15, 0.2) is 24.4 Å². The predicted octanol–water partition coefficient (Wildman–Crippen LogP) is 4.11. The van der Waals surface area contributed by atoms with E-state index in [9.17, 15) is 4.39 Å². The molecule has 1 N–H and O–H groups in total. The van der Waals surface area contributed by atoms with E-state index in [1.54, 1.807) is 10.6 Å². The van der Waals surface area contributed by atoms with E-state index in [2.05, 4.69) is 18.8 Å². The van der Waals surface area contributed by atoms with E-state index < -0.39 is 0 Å². The van der Waals surface area contributed by atoms with Gasteiger partial charge in [0.05, 0.1) is 5.69 Å². The molecule has 0 fully saturated rings. The molecule has 0 saturated carbocycles. The van der Waals surface area contributed by atoms with Crippen molar-refractivity contribution in [3.8, 4) is 5.69 Å². The van der Waals surface area contributed by atoms with Gasteiger partial charge >= 0.3 is 0 Å². The minimum absolute atomic E-state index is 0.256. The smallest absolute Gasteiger partial charge is 0.182 e. The quantitative estimate of drug-likeness (QED) is 0.796. The van der Waals surface area contributed by atoms with Gasteiger partial charge in [0.25, 0.3) is 0 Å². The van der Waals surface area contributed by atoms with Crippen molar-refractivity contribution < 1.29 is 4.39 Å². The summed E-state index contributed by atoms with van der Waals surface area (Å²) in [6, 6.07) is 5.04. The van der Waals surface area contributed by atoms with Crippen LogP contribution in [0, 0.1) is 17.5 Å². The van der Waals surface area contributed by atoms with E-state index in [0.717, 1.165) is 11.3 Å². The summed E-state index contributed by atoms with van der Waals surface area (Å²) in [5, 5.41) is 0. The zero-order valence-electron chi connectivity index (χ0n) is 10.1. The molecule has 0 unspecified atom stereocenters. The topological polar surface area (TPSA) is 20.7 Å². The number of imidazole rings is 1. The molecule has 90 valence electrons. The van der Waals surface area contributed by atoms with Crippen LogP contribution in [0.5, 0.6) is 0 Å². The monoisotopic (exact) mass is 250 g/mol. The predicted molar refractivity (Wildman–Crippen MR) is 69.7 cm³/mol. The molecule has 0 amide bonds. The van der Waals surface area contributed by atoms with E-state index >= 15 is 0 Å². The summed E-state index contributed by atoms with van der Waals surface area (Å²) in [5.41, 5.74) is 2.51. The van der Waals surface area contributed by atoms with Crippen molar-refractivity contribution in [2.45, 2.75) is 26.7 Å². The number of benzene rings is 1. The molecule has 2 rings (SSSR count). The lowest BCUT2D eigenvalue weighted by Crippen LogP contribution is -2.04. The zero-order valence-corrected chi connectivity index (χ0v) is 10.9. The first-order chi connectivity index (χ1) is 8.00. The first-order valence-corrected chi connectivity index (χ1v) is 5.98. The molecule has 1 aromatic heterocycles. The van der Waals surface area contributed by atoms with Crippen molar-refractivity contribution >= 4 is 12.2 Å². The maximum absolute atomic E-state index is 13.9. The van der Waals surface area contributed by atoms with Crippen molar-refractivity contribution in [1.29, 1.82) is 0 Å². The number of aromatic amines is 1. The highest BCUT2D eigenvalue weighted by atomic mass is 32.1. The van der Waals surface area contributed by atoms with E-state index in [1.807, 2.05) is 19.2 Å². The number of aryl methyl sites for hydroxylation is 1. The molecule has 0 saturated heterocycles. The molecule has 1 aromatic carbocycles. The summed E-state index contributed by atoms with van der Waals surface area (Å²) < 4.78 is 16.2. The Hall–Kier alpha value is -1.42. The fourth-order valence-electron chi connectivity index (χ4n) is 1.85. The molecule has 1 heterocycles. The first kappa shape index (κ1) is 12.0. The Morgan fingerprint density at radius 3 is 2.71 bits per heavy atom. The van der Waals surface area contributed by atoms with E-state index in [-0.39, 0.29) is 11.7 Å². The number of nitrogens with zero attached hydrogens (tertiary/aromatic N) is 1. The summed E-state index contributed by atoms with van der Waals surface area (Å²) >= 11 is 5.22. The summed E-state index contributed by atoms with van der Waals surface area (Å²) in [5.74, 6) is 0.0241. The SMILES string of the molecule is Cc1ccc(F)c(-n2c(C(C)C)c[nH]c2=S)c1. The Morgan fingerprint density at radius 1 is 1.35 bits per heavy atom. The first-order valence-electron chi connectivity index (χ1n) is 5.57. The molecule has 0 aliphatic rings. The van der Waals surface area contributed by atoms with Crippen molar-refractivity contribution in [3.05, 3.63) is 46.2 Å². The van der Waals surface area contributed by atoms with Crippen LogP contribution in [0.3, 0.4) is 0 Å². The third kappa shape index (κ3) is 2.17. The van der Waals surface area contributed by atoms with E-state index in [0.29, 0.717) is 10.5 Å². The van der Waals surface area contributed by atoms with Gasteiger partial charge in [-0.1, -0.05) is 19.9 Å². The second-order valence-corrected chi connectivity index (χ2v) is 4.85. The van der Waals surface area contributed by atoms with Gasteiger partial charge < -0.3 is 4.98 Å². The number of nitrogens with one attached hydrogen (secondary N) is 1. The number of hydrogen-bond donors (Lipinski definition) is 1. The molecule has 17 heavy (non-hydrogen) atoms. The fraction of sp³-hybridized carbons (Fsp3) is 0.308. The number of H-pyrrole nitrogens is 1. The number of hydrogen-bond acceptors (Lipinski definition) is 1. The second-order valence-electron chi connectivity index (χ2n) is 4.46. The van der Waals surface area contributed by atoms with Crippen molar-refractivity contribution in [2.24, 2.45) is 0 Å². The van der Waals surface area contributed by atoms with Crippen LogP contribution in [-0.4, -0.2) is 9.55 Å². The normalized spacial score (nSPS) is 11.1. The van der Waals surface area contributed by atoms with Gasteiger partial charge in [-0.2, -0.15) is 0 Å². The molecule has 0 radical (unpaired) electrons. The Bertz CT molecular complexity index is 596. The maximum atomic E-state index is 13.9. The van der Waals surface area contributed by atoms with Crippen LogP contribution in [-0.2, 0) is 0 Å². The van der Waals surface area contributed by atoms with Crippen LogP contribution in [0.2, 0.25) is 0 Å². The third-order valence-corrected chi connectivity index (χ3v) is 3.04. The van der Waals surface area contributed by atoms with Crippen LogP contribution in [0.25, 0.3) is 5.69 Å². The van der Waals surface area contributed by atoms with Gasteiger partial charge in [0.2, 0.25) is 0 Å². The largest absolute Gasteiger partial charge is 0.337 e. The second kappa shape index (κ2) is 4.45. The van der Waals surface area contributed by atoms with Gasteiger partial charge in [0, 0.05) is 11.9 Å². The molecule has 2 aromatic rings. The Morgan fingerprint density at radius 2 is 2.06 bits per heavy atom. The molecule has 0 aliphatic carbocycles. The average molecular weight is 250 g/mol. The number of aromatic nitrogens is 2. The van der Waals surface area contributed by atoms with Crippen molar-refractivity contribution in [2.75, 3.05) is 0 Å². The van der Waals surface area contributed by atoms with Crippen LogP contribution in [0.4, 0.5) is 4.39 Å². The lowest BCUT2D eigenvalue weighted by Gasteiger charge is -2.12. The van der Waals surface area contributed by atoms with Gasteiger partial charge in [-0.05, 0) is 42.8 Å². The minimum Gasteiger partial charge on any atom is -0.337 e. The van der Waals surface area contributed by atoms with Gasteiger partial charge in [0.15, 0.2) is 4.77 Å². The fourth-order valence-corrected chi connectivity index (χ4v) is 2.11. The van der Waals surface area contributed by atoms with Gasteiger partial charge in [-0.3, -0.25) is 4.57 Å². The number of rotatable bonds is 2. The molecule has 0 bridgehead atoms. The molecular weight excluding hydrogens is 235 g/mol. The van der Waals surface area contributed by atoms with Crippen molar-refractivity contribution in [3.63, 3.8) is 0 Å². The Balaban J connectivity index is 2.72. The standard InChI is InChI=1S/C13H15FN2S/c1-8(2)12-7-15-13(17)16(12)11-6-9(3)4-5-10(11)14/h4-8H,1-3H3,(H,15,17). The third-order valence-electron chi connectivity index (χ3n) is 2.74. The van der Waals surface area contributed by atoms with E-state index in [4.69, 9.17) is 12.2 Å². The lowest BCUT2D eigenvalue weighted by atomic mass is 10.1. The molecule has 0 aliphatic heterocycles. The van der Waals surface area contributed by atoms with Crippen LogP contribution >= 0.6 is 12.2 Å². The highest BCUT2D eigenvalue weighted by Crippen LogP contribution is 2.22. The maximum Gasteiger partial charge on any atom is 0.182 e. The molecular formula is C13H15FN2S. The summed E-state index contributed by atoms with van der Waals surface area (Å²) in [6.07, 6.45) is 1.84. The molecule has 0 atom stereocenters. The molecule has 0 spiro atoms. The van der Waals surface area contributed by atoms with Gasteiger partial charge in [-0.15, -0.1) is 0 Å². The van der Waals surface area contributed by atoms with Crippen LogP contribution in [0.1, 0.15) is 31.0 Å². The highest BCUT2D eigenvalue weighted by Gasteiger charge is 2.13. The molecule has 4 heteroatoms. The summed E-state index contributed by atoms with van der Waals surface area (Å²) in [4.78, 5) is 2.97. The van der Waals surface area contributed by atoms with E-state index in [1.165, 1.54) is 6.07 Å². The van der Waals surface area contributed by atoms with Gasteiger partial charge in [0.1, 0.15) is 5.82 Å². The minimum atomic E-state index is -0.256.